The maximum absolute atomic E-state index is 10.5. The van der Waals surface area contributed by atoms with Crippen LogP contribution in [-0.2, 0) is 6.61 Å². The van der Waals surface area contributed by atoms with Crippen LogP contribution in [0.15, 0.2) is 12.1 Å². The van der Waals surface area contributed by atoms with Crippen molar-refractivity contribution in [3.63, 3.8) is 0 Å². The molecule has 1 aromatic carbocycles. The van der Waals surface area contributed by atoms with Crippen LogP contribution in [0, 0.1) is 28.4 Å². The number of aryl methyl sites for hydroxylation is 1. The Bertz CT molecular complexity index is 421. The van der Waals surface area contributed by atoms with Crippen LogP contribution in [0.4, 0.5) is 5.69 Å². The molecule has 0 spiro atoms. The van der Waals surface area contributed by atoms with Crippen molar-refractivity contribution in [1.82, 2.24) is 0 Å². The van der Waals surface area contributed by atoms with E-state index in [9.17, 15) is 10.1 Å². The van der Waals surface area contributed by atoms with Crippen LogP contribution in [0.3, 0.4) is 0 Å². The number of nitro groups is 1. The molecule has 0 saturated heterocycles. The molecule has 0 aromatic heterocycles. The first-order chi connectivity index (χ1) is 6.60. The molecule has 0 aliphatic rings. The smallest absolute Gasteiger partial charge is 0.276 e. The van der Waals surface area contributed by atoms with Crippen LogP contribution in [-0.4, -0.2) is 10.0 Å². The molecule has 14 heavy (non-hydrogen) atoms. The third-order valence-electron chi connectivity index (χ3n) is 1.91. The lowest BCUT2D eigenvalue weighted by molar-refractivity contribution is -0.385. The summed E-state index contributed by atoms with van der Waals surface area (Å²) in [4.78, 5) is 9.94. The Balaban J connectivity index is 3.42. The minimum absolute atomic E-state index is 0.213. The zero-order chi connectivity index (χ0) is 10.7. The van der Waals surface area contributed by atoms with Crippen molar-refractivity contribution in [3.05, 3.63) is 38.9 Å². The third-order valence-corrected chi connectivity index (χ3v) is 1.91. The maximum atomic E-state index is 10.5. The lowest BCUT2D eigenvalue weighted by atomic mass is 10.0. The summed E-state index contributed by atoms with van der Waals surface area (Å²) in [6.45, 7) is 1.27. The molecular weight excluding hydrogens is 184 g/mol. The van der Waals surface area contributed by atoms with Gasteiger partial charge in [-0.1, -0.05) is 0 Å². The number of hydrogen-bond donors (Lipinski definition) is 1. The number of nitro benzene ring substituents is 1. The van der Waals surface area contributed by atoms with Crippen molar-refractivity contribution >= 4 is 5.69 Å². The minimum Gasteiger partial charge on any atom is -0.391 e. The molecule has 1 aromatic rings. The van der Waals surface area contributed by atoms with E-state index in [4.69, 9.17) is 10.4 Å². The highest BCUT2D eigenvalue weighted by Gasteiger charge is 2.15. The van der Waals surface area contributed by atoms with Gasteiger partial charge in [-0.05, 0) is 18.6 Å². The molecular formula is C9H8N2O3. The van der Waals surface area contributed by atoms with Crippen LogP contribution >= 0.6 is 0 Å². The van der Waals surface area contributed by atoms with Crippen molar-refractivity contribution in [3.8, 4) is 6.07 Å². The molecule has 0 aliphatic heterocycles. The summed E-state index contributed by atoms with van der Waals surface area (Å²) in [5.41, 5.74) is 0.900. The van der Waals surface area contributed by atoms with Crippen molar-refractivity contribution in [2.75, 3.05) is 0 Å². The summed E-state index contributed by atoms with van der Waals surface area (Å²) in [5.74, 6) is 0. The molecule has 72 valence electrons. The number of hydrogen-bond acceptors (Lipinski definition) is 4. The van der Waals surface area contributed by atoms with Gasteiger partial charge in [-0.25, -0.2) is 0 Å². The molecule has 5 heteroatoms. The fraction of sp³-hybridized carbons (Fsp3) is 0.222. The van der Waals surface area contributed by atoms with Crippen molar-refractivity contribution < 1.29 is 10.0 Å². The van der Waals surface area contributed by atoms with Crippen LogP contribution < -0.4 is 0 Å². The molecule has 5 nitrogen and oxygen atoms in total. The summed E-state index contributed by atoms with van der Waals surface area (Å²) >= 11 is 0. The predicted octanol–water partition coefficient (Wildman–Crippen LogP) is 1.27. The van der Waals surface area contributed by atoms with Crippen molar-refractivity contribution in [1.29, 1.82) is 5.26 Å². The van der Waals surface area contributed by atoms with Gasteiger partial charge >= 0.3 is 0 Å². The highest BCUT2D eigenvalue weighted by molar-refractivity contribution is 5.51. The lowest BCUT2D eigenvalue weighted by Crippen LogP contribution is -1.98. The first kappa shape index (κ1) is 10.2. The quantitative estimate of drug-likeness (QED) is 0.564. The zero-order valence-corrected chi connectivity index (χ0v) is 7.52. The van der Waals surface area contributed by atoms with Crippen LogP contribution in [0.2, 0.25) is 0 Å². The highest BCUT2D eigenvalue weighted by atomic mass is 16.6. The number of aliphatic hydroxyl groups is 1. The van der Waals surface area contributed by atoms with Gasteiger partial charge in [0.2, 0.25) is 0 Å². The van der Waals surface area contributed by atoms with Gasteiger partial charge < -0.3 is 5.11 Å². The maximum Gasteiger partial charge on any atom is 0.276 e. The Kier molecular flexibility index (Phi) is 2.79. The van der Waals surface area contributed by atoms with E-state index in [0.29, 0.717) is 5.56 Å². The molecule has 0 saturated carbocycles. The van der Waals surface area contributed by atoms with Gasteiger partial charge in [0.1, 0.15) is 0 Å². The third kappa shape index (κ3) is 1.70. The monoisotopic (exact) mass is 192 g/mol. The second kappa shape index (κ2) is 3.85. The molecule has 0 fully saturated rings. The van der Waals surface area contributed by atoms with Gasteiger partial charge in [0, 0.05) is 6.07 Å². The summed E-state index contributed by atoms with van der Waals surface area (Å²) in [6.07, 6.45) is 0. The van der Waals surface area contributed by atoms with Crippen LogP contribution in [0.5, 0.6) is 0 Å². The first-order valence-corrected chi connectivity index (χ1v) is 3.89. The van der Waals surface area contributed by atoms with Gasteiger partial charge in [0.05, 0.1) is 28.7 Å². The van der Waals surface area contributed by atoms with E-state index >= 15 is 0 Å². The molecule has 1 N–H and O–H groups in total. The van der Waals surface area contributed by atoms with Crippen molar-refractivity contribution in [2.45, 2.75) is 13.5 Å². The topological polar surface area (TPSA) is 87.2 Å². The van der Waals surface area contributed by atoms with E-state index in [1.807, 2.05) is 6.07 Å². The molecule has 0 aliphatic carbocycles. The van der Waals surface area contributed by atoms with E-state index in [0.717, 1.165) is 0 Å². The summed E-state index contributed by atoms with van der Waals surface area (Å²) in [5, 5.41) is 28.1. The van der Waals surface area contributed by atoms with Crippen LogP contribution in [0.1, 0.15) is 16.7 Å². The zero-order valence-electron chi connectivity index (χ0n) is 7.52. The average molecular weight is 192 g/mol. The normalized spacial score (nSPS) is 9.50. The summed E-state index contributed by atoms with van der Waals surface area (Å²) in [7, 11) is 0. The minimum atomic E-state index is -0.605. The van der Waals surface area contributed by atoms with Gasteiger partial charge in [-0.3, -0.25) is 10.1 Å². The largest absolute Gasteiger partial charge is 0.391 e. The van der Waals surface area contributed by atoms with Gasteiger partial charge in [0.15, 0.2) is 0 Å². The van der Waals surface area contributed by atoms with E-state index < -0.39 is 11.5 Å². The SMILES string of the molecule is Cc1cc(CO)c([N+](=O)[O-])cc1C#N. The first-order valence-electron chi connectivity index (χ1n) is 3.89. The molecule has 0 heterocycles. The fourth-order valence-electron chi connectivity index (χ4n) is 1.17. The molecule has 0 unspecified atom stereocenters. The van der Waals surface area contributed by atoms with E-state index in [1.54, 1.807) is 6.92 Å². The predicted molar refractivity (Wildman–Crippen MR) is 48.5 cm³/mol. The Morgan fingerprint density at radius 3 is 2.71 bits per heavy atom. The summed E-state index contributed by atoms with van der Waals surface area (Å²) in [6, 6.07) is 4.49. The number of benzene rings is 1. The van der Waals surface area contributed by atoms with Crippen molar-refractivity contribution in [2.24, 2.45) is 0 Å². The van der Waals surface area contributed by atoms with E-state index in [2.05, 4.69) is 0 Å². The van der Waals surface area contributed by atoms with E-state index in [1.165, 1.54) is 12.1 Å². The Labute approximate surface area is 80.4 Å². The fourth-order valence-corrected chi connectivity index (χ4v) is 1.17. The molecule has 0 amide bonds. The Morgan fingerprint density at radius 2 is 2.29 bits per heavy atom. The number of nitriles is 1. The van der Waals surface area contributed by atoms with Crippen LogP contribution in [0.25, 0.3) is 0 Å². The van der Waals surface area contributed by atoms with E-state index in [-0.39, 0.29) is 16.8 Å². The Hall–Kier alpha value is -1.93. The van der Waals surface area contributed by atoms with Gasteiger partial charge in [0.25, 0.3) is 5.69 Å². The second-order valence-electron chi connectivity index (χ2n) is 2.82. The lowest BCUT2D eigenvalue weighted by Gasteiger charge is -2.02. The number of aliphatic hydroxyl groups excluding tert-OH is 1. The standard InChI is InChI=1S/C9H8N2O3/c1-6-2-8(5-12)9(11(13)14)3-7(6)4-10/h2-3,12H,5H2,1H3. The molecule has 1 rings (SSSR count). The number of rotatable bonds is 2. The average Bonchev–Trinajstić information content (AvgIpc) is 2.16. The second-order valence-corrected chi connectivity index (χ2v) is 2.82. The highest BCUT2D eigenvalue weighted by Crippen LogP contribution is 2.22. The Morgan fingerprint density at radius 1 is 1.64 bits per heavy atom. The molecule has 0 radical (unpaired) electrons. The summed E-state index contributed by atoms with van der Waals surface area (Å²) < 4.78 is 0. The van der Waals surface area contributed by atoms with Gasteiger partial charge in [-0.2, -0.15) is 5.26 Å². The molecule has 0 bridgehead atoms. The molecule has 0 atom stereocenters. The van der Waals surface area contributed by atoms with Gasteiger partial charge in [-0.15, -0.1) is 0 Å². The number of nitrogens with zero attached hydrogens (tertiary/aromatic N) is 2.